The van der Waals surface area contributed by atoms with Gasteiger partial charge in [0.1, 0.15) is 10.3 Å². The van der Waals surface area contributed by atoms with Gasteiger partial charge in [0.25, 0.3) is 11.6 Å². The summed E-state index contributed by atoms with van der Waals surface area (Å²) in [7, 11) is 0. The van der Waals surface area contributed by atoms with Gasteiger partial charge in [-0.15, -0.1) is 0 Å². The summed E-state index contributed by atoms with van der Waals surface area (Å²) in [6, 6.07) is 5.82. The molecule has 0 aliphatic carbocycles. The van der Waals surface area contributed by atoms with Gasteiger partial charge in [-0.1, -0.05) is 29.3 Å². The van der Waals surface area contributed by atoms with Gasteiger partial charge in [-0.2, -0.15) is 0 Å². The Morgan fingerprint density at radius 2 is 2.00 bits per heavy atom. The van der Waals surface area contributed by atoms with Crippen LogP contribution in [-0.2, 0) is 0 Å². The number of hydrogen-bond donors (Lipinski definition) is 1. The molecule has 0 spiro atoms. The summed E-state index contributed by atoms with van der Waals surface area (Å²) in [5.74, 6) is -1.77. The van der Waals surface area contributed by atoms with E-state index in [4.69, 9.17) is 23.2 Å². The number of pyridine rings is 1. The van der Waals surface area contributed by atoms with E-state index in [1.54, 1.807) is 0 Å². The number of amides is 1. The van der Waals surface area contributed by atoms with Crippen molar-refractivity contribution in [2.24, 2.45) is 0 Å². The van der Waals surface area contributed by atoms with Crippen LogP contribution in [0.3, 0.4) is 0 Å². The standard InChI is InChI=1S/C12H6Cl2FN3O3/c13-9-5-4-6(11(14)16-9)12(19)17-10-7(15)2-1-3-8(10)18(20)21/h1-5H,(H,17,19). The van der Waals surface area contributed by atoms with Crippen LogP contribution in [0.25, 0.3) is 0 Å². The molecule has 0 saturated heterocycles. The minimum atomic E-state index is -0.935. The number of carbonyl (C=O) groups is 1. The second-order valence-corrected chi connectivity index (χ2v) is 4.56. The molecule has 108 valence electrons. The predicted octanol–water partition coefficient (Wildman–Crippen LogP) is 3.69. The third-order valence-electron chi connectivity index (χ3n) is 2.49. The normalized spacial score (nSPS) is 10.2. The Balaban J connectivity index is 2.38. The smallest absolute Gasteiger partial charge is 0.295 e. The maximum atomic E-state index is 13.7. The summed E-state index contributed by atoms with van der Waals surface area (Å²) >= 11 is 11.3. The Morgan fingerprint density at radius 3 is 2.62 bits per heavy atom. The fraction of sp³-hybridized carbons (Fsp3) is 0. The SMILES string of the molecule is O=C(Nc1c(F)cccc1[N+](=O)[O-])c1ccc(Cl)nc1Cl. The van der Waals surface area contributed by atoms with Gasteiger partial charge in [0.05, 0.1) is 10.5 Å². The van der Waals surface area contributed by atoms with Gasteiger partial charge < -0.3 is 5.32 Å². The molecule has 1 amide bonds. The number of para-hydroxylation sites is 1. The molecule has 1 N–H and O–H groups in total. The first-order valence-corrected chi connectivity index (χ1v) is 6.22. The number of nitrogens with zero attached hydrogens (tertiary/aromatic N) is 2. The average molecular weight is 330 g/mol. The van der Waals surface area contributed by atoms with E-state index in [0.29, 0.717) is 0 Å². The first-order chi connectivity index (χ1) is 9.90. The van der Waals surface area contributed by atoms with E-state index in [2.05, 4.69) is 10.3 Å². The number of benzene rings is 1. The lowest BCUT2D eigenvalue weighted by Gasteiger charge is -2.08. The Morgan fingerprint density at radius 1 is 1.29 bits per heavy atom. The molecule has 2 aromatic rings. The van der Waals surface area contributed by atoms with Crippen LogP contribution in [0, 0.1) is 15.9 Å². The van der Waals surface area contributed by atoms with E-state index in [1.165, 1.54) is 18.2 Å². The molecule has 1 aromatic carbocycles. The molecule has 0 radical (unpaired) electrons. The Labute approximate surface area is 127 Å². The molecule has 9 heteroatoms. The van der Waals surface area contributed by atoms with E-state index in [-0.39, 0.29) is 15.9 Å². The van der Waals surface area contributed by atoms with Crippen molar-refractivity contribution < 1.29 is 14.1 Å². The summed E-state index contributed by atoms with van der Waals surface area (Å²) in [6.07, 6.45) is 0. The largest absolute Gasteiger partial charge is 0.314 e. The zero-order chi connectivity index (χ0) is 15.6. The lowest BCUT2D eigenvalue weighted by Crippen LogP contribution is -2.15. The second kappa shape index (κ2) is 6.02. The third kappa shape index (κ3) is 3.26. The van der Waals surface area contributed by atoms with Crippen molar-refractivity contribution in [3.8, 4) is 0 Å². The Kier molecular flexibility index (Phi) is 4.35. The predicted molar refractivity (Wildman–Crippen MR) is 75.3 cm³/mol. The lowest BCUT2D eigenvalue weighted by atomic mass is 10.2. The monoisotopic (exact) mass is 329 g/mol. The van der Waals surface area contributed by atoms with Gasteiger partial charge in [0.2, 0.25) is 0 Å². The average Bonchev–Trinajstić information content (AvgIpc) is 2.40. The van der Waals surface area contributed by atoms with Crippen molar-refractivity contribution in [2.75, 3.05) is 5.32 Å². The molecule has 1 aromatic heterocycles. The molecule has 6 nitrogen and oxygen atoms in total. The highest BCUT2D eigenvalue weighted by molar-refractivity contribution is 6.35. The van der Waals surface area contributed by atoms with Crippen LogP contribution < -0.4 is 5.32 Å². The van der Waals surface area contributed by atoms with Gasteiger partial charge in [0, 0.05) is 6.07 Å². The van der Waals surface area contributed by atoms with Crippen LogP contribution >= 0.6 is 23.2 Å². The number of halogens is 3. The summed E-state index contributed by atoms with van der Waals surface area (Å²) in [5.41, 5.74) is -1.20. The van der Waals surface area contributed by atoms with Gasteiger partial charge >= 0.3 is 0 Å². The molecule has 0 bridgehead atoms. The molecule has 2 rings (SSSR count). The maximum absolute atomic E-state index is 13.7. The first kappa shape index (κ1) is 15.1. The minimum absolute atomic E-state index is 0.0772. The highest BCUT2D eigenvalue weighted by atomic mass is 35.5. The fourth-order valence-electron chi connectivity index (χ4n) is 1.55. The molecule has 0 saturated carbocycles. The van der Waals surface area contributed by atoms with E-state index >= 15 is 0 Å². The van der Waals surface area contributed by atoms with Crippen LogP contribution in [0.1, 0.15) is 10.4 Å². The van der Waals surface area contributed by atoms with E-state index in [9.17, 15) is 19.3 Å². The summed E-state index contributed by atoms with van der Waals surface area (Å²) in [4.78, 5) is 25.7. The highest BCUT2D eigenvalue weighted by Crippen LogP contribution is 2.28. The zero-order valence-electron chi connectivity index (χ0n) is 10.1. The van der Waals surface area contributed by atoms with Crippen molar-refractivity contribution in [3.63, 3.8) is 0 Å². The zero-order valence-corrected chi connectivity index (χ0v) is 11.7. The molecular formula is C12H6Cl2FN3O3. The van der Waals surface area contributed by atoms with Crippen molar-refractivity contribution in [2.45, 2.75) is 0 Å². The number of aromatic nitrogens is 1. The van der Waals surface area contributed by atoms with Crippen molar-refractivity contribution in [1.82, 2.24) is 4.98 Å². The molecule has 21 heavy (non-hydrogen) atoms. The van der Waals surface area contributed by atoms with Gasteiger partial charge in [-0.3, -0.25) is 14.9 Å². The molecule has 0 aliphatic heterocycles. The topological polar surface area (TPSA) is 85.1 Å². The lowest BCUT2D eigenvalue weighted by molar-refractivity contribution is -0.384. The maximum Gasteiger partial charge on any atom is 0.295 e. The molecule has 1 heterocycles. The molecule has 0 aliphatic rings. The number of nitro benzene ring substituents is 1. The van der Waals surface area contributed by atoms with E-state index in [0.717, 1.165) is 12.1 Å². The van der Waals surface area contributed by atoms with Gasteiger partial charge in [-0.05, 0) is 18.2 Å². The summed E-state index contributed by atoms with van der Waals surface area (Å²) in [5, 5.41) is 12.8. The number of anilines is 1. The second-order valence-electron chi connectivity index (χ2n) is 3.82. The fourth-order valence-corrected chi connectivity index (χ4v) is 1.98. The van der Waals surface area contributed by atoms with Crippen LogP contribution in [0.4, 0.5) is 15.8 Å². The van der Waals surface area contributed by atoms with Crippen molar-refractivity contribution in [1.29, 1.82) is 0 Å². The minimum Gasteiger partial charge on any atom is -0.314 e. The van der Waals surface area contributed by atoms with Crippen molar-refractivity contribution in [3.05, 3.63) is 62.1 Å². The van der Waals surface area contributed by atoms with E-state index in [1.807, 2.05) is 0 Å². The molecule has 0 atom stereocenters. The third-order valence-corrected chi connectivity index (χ3v) is 2.98. The van der Waals surface area contributed by atoms with Gasteiger partial charge in [-0.25, -0.2) is 9.37 Å². The van der Waals surface area contributed by atoms with Crippen LogP contribution in [-0.4, -0.2) is 15.8 Å². The quantitative estimate of drug-likeness (QED) is 0.528. The number of carbonyl (C=O) groups excluding carboxylic acids is 1. The first-order valence-electron chi connectivity index (χ1n) is 5.46. The van der Waals surface area contributed by atoms with E-state index < -0.39 is 28.0 Å². The molecule has 0 unspecified atom stereocenters. The van der Waals surface area contributed by atoms with Crippen LogP contribution in [0.5, 0.6) is 0 Å². The number of hydrogen-bond acceptors (Lipinski definition) is 4. The summed E-state index contributed by atoms with van der Waals surface area (Å²) in [6.45, 7) is 0. The number of rotatable bonds is 3. The highest BCUT2D eigenvalue weighted by Gasteiger charge is 2.21. The number of nitro groups is 1. The number of nitrogens with one attached hydrogen (secondary N) is 1. The van der Waals surface area contributed by atoms with Gasteiger partial charge in [0.15, 0.2) is 11.5 Å². The van der Waals surface area contributed by atoms with Crippen LogP contribution in [0.15, 0.2) is 30.3 Å². The molecule has 0 fully saturated rings. The molecular weight excluding hydrogens is 324 g/mol. The van der Waals surface area contributed by atoms with Crippen LogP contribution in [0.2, 0.25) is 10.3 Å². The van der Waals surface area contributed by atoms with Crippen molar-refractivity contribution >= 4 is 40.5 Å². The Bertz CT molecular complexity index is 740. The summed E-state index contributed by atoms with van der Waals surface area (Å²) < 4.78 is 13.7. The Hall–Kier alpha value is -2.25.